The molecule has 5 rings (SSSR count). The normalized spacial score (nSPS) is 12.3. The van der Waals surface area contributed by atoms with Crippen molar-refractivity contribution in [2.75, 3.05) is 12.1 Å². The van der Waals surface area contributed by atoms with E-state index in [4.69, 9.17) is 13.9 Å². The Bertz CT molecular complexity index is 1260. The fourth-order valence-corrected chi connectivity index (χ4v) is 3.89. The van der Waals surface area contributed by atoms with Gasteiger partial charge in [-0.1, -0.05) is 6.92 Å². The third-order valence-corrected chi connectivity index (χ3v) is 5.53. The summed E-state index contributed by atoms with van der Waals surface area (Å²) in [5, 5.41) is 2.89. The predicted molar refractivity (Wildman–Crippen MR) is 117 cm³/mol. The molecule has 7 heteroatoms. The van der Waals surface area contributed by atoms with Crippen LogP contribution in [0.3, 0.4) is 0 Å². The zero-order valence-corrected chi connectivity index (χ0v) is 17.7. The average molecular weight is 465 g/mol. The Balaban J connectivity index is 1.36. The molecule has 30 heavy (non-hydrogen) atoms. The summed E-state index contributed by atoms with van der Waals surface area (Å²) in [5.74, 6) is 1.53. The molecule has 3 aromatic carbocycles. The number of aryl methyl sites for hydroxylation is 1. The van der Waals surface area contributed by atoms with E-state index in [9.17, 15) is 4.79 Å². The van der Waals surface area contributed by atoms with Crippen molar-refractivity contribution in [2.24, 2.45) is 0 Å². The third kappa shape index (κ3) is 3.41. The van der Waals surface area contributed by atoms with Gasteiger partial charge in [-0.05, 0) is 82.5 Å². The fraction of sp³-hybridized carbons (Fsp3) is 0.130. The summed E-state index contributed by atoms with van der Waals surface area (Å²) < 4.78 is 17.4. The van der Waals surface area contributed by atoms with Gasteiger partial charge in [-0.2, -0.15) is 0 Å². The number of amides is 1. The number of fused-ring (bicyclic) bond motifs is 2. The van der Waals surface area contributed by atoms with Gasteiger partial charge in [0.05, 0.1) is 4.47 Å². The summed E-state index contributed by atoms with van der Waals surface area (Å²) in [6.07, 6.45) is 0.925. The minimum Gasteiger partial charge on any atom is -0.454 e. The van der Waals surface area contributed by atoms with Crippen LogP contribution in [0.4, 0.5) is 5.69 Å². The molecular weight excluding hydrogens is 448 g/mol. The SMILES string of the molecule is CCc1cc(Br)c2oc(-c3ccc(NC(=O)c4ccc5c(c4)OCO5)cc3)nc2c1. The van der Waals surface area contributed by atoms with E-state index in [0.717, 1.165) is 27.6 Å². The van der Waals surface area contributed by atoms with Crippen molar-refractivity contribution in [1.29, 1.82) is 0 Å². The van der Waals surface area contributed by atoms with Gasteiger partial charge in [-0.3, -0.25) is 4.79 Å². The van der Waals surface area contributed by atoms with Gasteiger partial charge in [0.2, 0.25) is 12.7 Å². The lowest BCUT2D eigenvalue weighted by Gasteiger charge is -2.06. The molecule has 0 unspecified atom stereocenters. The monoisotopic (exact) mass is 464 g/mol. The number of carbonyl (C=O) groups excluding carboxylic acids is 1. The van der Waals surface area contributed by atoms with Crippen molar-refractivity contribution < 1.29 is 18.7 Å². The molecule has 4 aromatic rings. The Morgan fingerprint density at radius 1 is 1.07 bits per heavy atom. The summed E-state index contributed by atoms with van der Waals surface area (Å²) in [7, 11) is 0. The summed E-state index contributed by atoms with van der Waals surface area (Å²) in [5.41, 5.74) is 4.73. The maximum atomic E-state index is 12.5. The highest BCUT2D eigenvalue weighted by atomic mass is 79.9. The molecule has 0 aliphatic carbocycles. The summed E-state index contributed by atoms with van der Waals surface area (Å²) in [4.78, 5) is 17.2. The average Bonchev–Trinajstić information content (AvgIpc) is 3.40. The Morgan fingerprint density at radius 2 is 1.87 bits per heavy atom. The third-order valence-electron chi connectivity index (χ3n) is 4.94. The van der Waals surface area contributed by atoms with E-state index in [2.05, 4.69) is 33.2 Å². The number of ether oxygens (including phenoxy) is 2. The Labute approximate surface area is 181 Å². The zero-order chi connectivity index (χ0) is 20.7. The summed E-state index contributed by atoms with van der Waals surface area (Å²) in [6.45, 7) is 2.28. The number of carbonyl (C=O) groups is 1. The van der Waals surface area contributed by atoms with Crippen molar-refractivity contribution in [3.63, 3.8) is 0 Å². The Morgan fingerprint density at radius 3 is 2.67 bits per heavy atom. The number of hydrogen-bond acceptors (Lipinski definition) is 5. The lowest BCUT2D eigenvalue weighted by molar-refractivity contribution is 0.102. The molecule has 1 aromatic heterocycles. The van der Waals surface area contributed by atoms with Gasteiger partial charge >= 0.3 is 0 Å². The van der Waals surface area contributed by atoms with Gasteiger partial charge in [0, 0.05) is 16.8 Å². The number of benzene rings is 3. The van der Waals surface area contributed by atoms with Crippen molar-refractivity contribution in [1.82, 2.24) is 4.98 Å². The van der Waals surface area contributed by atoms with Crippen molar-refractivity contribution in [3.05, 3.63) is 70.2 Å². The summed E-state index contributed by atoms with van der Waals surface area (Å²) >= 11 is 3.56. The molecule has 1 aliphatic heterocycles. The first-order chi connectivity index (χ1) is 14.6. The Kier molecular flexibility index (Phi) is 4.67. The lowest BCUT2D eigenvalue weighted by Crippen LogP contribution is -2.11. The van der Waals surface area contributed by atoms with Gasteiger partial charge in [0.15, 0.2) is 17.1 Å². The molecule has 0 bridgehead atoms. The van der Waals surface area contributed by atoms with E-state index < -0.39 is 0 Å². The number of hydrogen-bond donors (Lipinski definition) is 1. The van der Waals surface area contributed by atoms with E-state index in [1.54, 1.807) is 18.2 Å². The standard InChI is InChI=1S/C23H17BrN2O4/c1-2-13-9-17(24)21-18(10-13)26-23(30-21)14-3-6-16(7-4-14)25-22(27)15-5-8-19-20(11-15)29-12-28-19/h3-11H,2,12H2,1H3,(H,25,27). The van der Waals surface area contributed by atoms with Crippen molar-refractivity contribution in [2.45, 2.75) is 13.3 Å². The highest BCUT2D eigenvalue weighted by Crippen LogP contribution is 2.33. The molecule has 2 heterocycles. The van der Waals surface area contributed by atoms with Gasteiger partial charge in [0.1, 0.15) is 5.52 Å². The molecule has 1 N–H and O–H groups in total. The van der Waals surface area contributed by atoms with Crippen molar-refractivity contribution >= 4 is 38.6 Å². The lowest BCUT2D eigenvalue weighted by atomic mass is 10.1. The first-order valence-electron chi connectivity index (χ1n) is 9.51. The topological polar surface area (TPSA) is 73.6 Å². The second-order valence-electron chi connectivity index (χ2n) is 6.90. The second kappa shape index (κ2) is 7.50. The molecule has 0 fully saturated rings. The molecule has 1 aliphatic rings. The number of nitrogens with one attached hydrogen (secondary N) is 1. The van der Waals surface area contributed by atoms with Crippen LogP contribution in [0.1, 0.15) is 22.8 Å². The number of anilines is 1. The molecule has 0 spiro atoms. The zero-order valence-electron chi connectivity index (χ0n) is 16.1. The predicted octanol–water partition coefficient (Wildman–Crippen LogP) is 5.80. The molecule has 0 saturated carbocycles. The highest BCUT2D eigenvalue weighted by Gasteiger charge is 2.17. The number of oxazole rings is 1. The smallest absolute Gasteiger partial charge is 0.255 e. The van der Waals surface area contributed by atoms with Crippen LogP contribution in [-0.2, 0) is 6.42 Å². The fourth-order valence-electron chi connectivity index (χ4n) is 3.31. The van der Waals surface area contributed by atoms with E-state index in [1.807, 2.05) is 36.4 Å². The van der Waals surface area contributed by atoms with Crippen LogP contribution in [0.25, 0.3) is 22.6 Å². The van der Waals surface area contributed by atoms with Gasteiger partial charge < -0.3 is 19.2 Å². The van der Waals surface area contributed by atoms with Crippen LogP contribution in [0.15, 0.2) is 63.5 Å². The van der Waals surface area contributed by atoms with Crippen LogP contribution in [0.2, 0.25) is 0 Å². The van der Waals surface area contributed by atoms with E-state index >= 15 is 0 Å². The van der Waals surface area contributed by atoms with Crippen LogP contribution in [0, 0.1) is 0 Å². The number of aromatic nitrogens is 1. The van der Waals surface area contributed by atoms with Crippen LogP contribution in [-0.4, -0.2) is 17.7 Å². The van der Waals surface area contributed by atoms with Gasteiger partial charge in [-0.25, -0.2) is 4.98 Å². The molecule has 150 valence electrons. The van der Waals surface area contributed by atoms with Crippen LogP contribution < -0.4 is 14.8 Å². The molecular formula is C23H17BrN2O4. The van der Waals surface area contributed by atoms with Gasteiger partial charge in [0.25, 0.3) is 5.91 Å². The molecule has 0 radical (unpaired) electrons. The largest absolute Gasteiger partial charge is 0.454 e. The number of halogens is 1. The molecule has 6 nitrogen and oxygen atoms in total. The maximum absolute atomic E-state index is 12.5. The molecule has 0 atom stereocenters. The van der Waals surface area contributed by atoms with Crippen molar-refractivity contribution in [3.8, 4) is 23.0 Å². The summed E-state index contributed by atoms with van der Waals surface area (Å²) in [6, 6.07) is 16.6. The Hall–Kier alpha value is -3.32. The van der Waals surface area contributed by atoms with E-state index in [0.29, 0.717) is 28.6 Å². The number of rotatable bonds is 4. The van der Waals surface area contributed by atoms with Crippen LogP contribution in [0.5, 0.6) is 11.5 Å². The highest BCUT2D eigenvalue weighted by molar-refractivity contribution is 9.10. The quantitative estimate of drug-likeness (QED) is 0.413. The first kappa shape index (κ1) is 18.7. The maximum Gasteiger partial charge on any atom is 0.255 e. The molecule has 1 amide bonds. The van der Waals surface area contributed by atoms with E-state index in [-0.39, 0.29) is 12.7 Å². The second-order valence-corrected chi connectivity index (χ2v) is 7.75. The minimum absolute atomic E-state index is 0.175. The minimum atomic E-state index is -0.223. The molecule has 0 saturated heterocycles. The first-order valence-corrected chi connectivity index (χ1v) is 10.3. The van der Waals surface area contributed by atoms with Gasteiger partial charge in [-0.15, -0.1) is 0 Å². The number of nitrogens with zero attached hydrogens (tertiary/aromatic N) is 1. The van der Waals surface area contributed by atoms with E-state index in [1.165, 1.54) is 5.56 Å². The van der Waals surface area contributed by atoms with Crippen LogP contribution >= 0.6 is 15.9 Å².